The standard InChI is InChI=1S/C21H28N6O3/c1-14-9-27(10-15(2)30-14)20-22-8-16-11-29-13-21(18(16)23-20)5-7-26(12-21)19(28)17-4-6-25(3)24-17/h4,6,8,14-15H,5,7,9-13H2,1-3H3/t14-,15-,21+/m1/s1. The molecule has 5 rings (SSSR count). The van der Waals surface area contributed by atoms with Gasteiger partial charge in [-0.15, -0.1) is 0 Å². The summed E-state index contributed by atoms with van der Waals surface area (Å²) in [5.41, 5.74) is 2.23. The maximum absolute atomic E-state index is 12.9. The van der Waals surface area contributed by atoms with Crippen LogP contribution >= 0.6 is 0 Å². The molecule has 0 bridgehead atoms. The third-order valence-electron chi connectivity index (χ3n) is 6.27. The van der Waals surface area contributed by atoms with Gasteiger partial charge >= 0.3 is 0 Å². The third kappa shape index (κ3) is 3.35. The molecular formula is C21H28N6O3. The highest BCUT2D eigenvalue weighted by atomic mass is 16.5. The van der Waals surface area contributed by atoms with Gasteiger partial charge < -0.3 is 19.3 Å². The molecule has 5 heterocycles. The lowest BCUT2D eigenvalue weighted by Crippen LogP contribution is -2.47. The number of hydrogen-bond acceptors (Lipinski definition) is 7. The Hall–Kier alpha value is -2.52. The predicted octanol–water partition coefficient (Wildman–Crippen LogP) is 1.14. The molecule has 3 aliphatic heterocycles. The van der Waals surface area contributed by atoms with E-state index in [1.165, 1.54) is 0 Å². The maximum atomic E-state index is 12.9. The fraction of sp³-hybridized carbons (Fsp3) is 0.619. The van der Waals surface area contributed by atoms with Crippen LogP contribution in [0.3, 0.4) is 0 Å². The summed E-state index contributed by atoms with van der Waals surface area (Å²) < 4.78 is 13.4. The molecule has 1 amide bonds. The minimum atomic E-state index is -0.292. The van der Waals surface area contributed by atoms with Crippen molar-refractivity contribution in [2.75, 3.05) is 37.7 Å². The number of anilines is 1. The van der Waals surface area contributed by atoms with E-state index in [1.54, 1.807) is 16.9 Å². The van der Waals surface area contributed by atoms with Crippen LogP contribution in [0.5, 0.6) is 0 Å². The molecule has 9 heteroatoms. The van der Waals surface area contributed by atoms with Crippen molar-refractivity contribution in [2.24, 2.45) is 7.05 Å². The monoisotopic (exact) mass is 412 g/mol. The minimum Gasteiger partial charge on any atom is -0.376 e. The van der Waals surface area contributed by atoms with E-state index in [0.717, 1.165) is 36.7 Å². The smallest absolute Gasteiger partial charge is 0.274 e. The maximum Gasteiger partial charge on any atom is 0.274 e. The Bertz CT molecular complexity index is 952. The largest absolute Gasteiger partial charge is 0.376 e. The minimum absolute atomic E-state index is 0.0373. The summed E-state index contributed by atoms with van der Waals surface area (Å²) in [5.74, 6) is 0.705. The van der Waals surface area contributed by atoms with Crippen LogP contribution in [0.4, 0.5) is 5.95 Å². The number of morpholine rings is 1. The molecule has 0 saturated carbocycles. The highest BCUT2D eigenvalue weighted by molar-refractivity contribution is 5.92. The zero-order valence-corrected chi connectivity index (χ0v) is 17.7. The number of hydrogen-bond donors (Lipinski definition) is 0. The quantitative estimate of drug-likeness (QED) is 0.731. The predicted molar refractivity (Wildman–Crippen MR) is 109 cm³/mol. The molecule has 2 aromatic heterocycles. The average Bonchev–Trinajstić information content (AvgIpc) is 3.34. The van der Waals surface area contributed by atoms with Gasteiger partial charge in [-0.25, -0.2) is 9.97 Å². The number of aryl methyl sites for hydroxylation is 1. The molecule has 30 heavy (non-hydrogen) atoms. The van der Waals surface area contributed by atoms with Crippen LogP contribution in [-0.2, 0) is 28.5 Å². The van der Waals surface area contributed by atoms with Crippen molar-refractivity contribution < 1.29 is 14.3 Å². The molecule has 0 aromatic carbocycles. The first-order valence-corrected chi connectivity index (χ1v) is 10.6. The van der Waals surface area contributed by atoms with Gasteiger partial charge in [0, 0.05) is 51.2 Å². The van der Waals surface area contributed by atoms with Crippen molar-refractivity contribution in [2.45, 2.75) is 44.5 Å². The van der Waals surface area contributed by atoms with Gasteiger partial charge in [-0.3, -0.25) is 9.48 Å². The summed E-state index contributed by atoms with van der Waals surface area (Å²) in [4.78, 5) is 26.7. The molecule has 2 fully saturated rings. The number of carbonyl (C=O) groups is 1. The highest BCUT2D eigenvalue weighted by Gasteiger charge is 2.47. The van der Waals surface area contributed by atoms with E-state index in [-0.39, 0.29) is 23.5 Å². The molecule has 3 aliphatic rings. The lowest BCUT2D eigenvalue weighted by molar-refractivity contribution is -0.00584. The van der Waals surface area contributed by atoms with Crippen molar-refractivity contribution in [3.8, 4) is 0 Å². The van der Waals surface area contributed by atoms with Crippen LogP contribution in [0, 0.1) is 0 Å². The number of rotatable bonds is 2. The number of likely N-dealkylation sites (tertiary alicyclic amines) is 1. The van der Waals surface area contributed by atoms with Crippen LogP contribution in [0.1, 0.15) is 42.0 Å². The molecule has 0 N–H and O–H groups in total. The number of nitrogens with zero attached hydrogens (tertiary/aromatic N) is 6. The Kier molecular flexibility index (Phi) is 4.74. The van der Waals surface area contributed by atoms with Crippen molar-refractivity contribution in [3.05, 3.63) is 35.4 Å². The molecule has 160 valence electrons. The van der Waals surface area contributed by atoms with Crippen molar-refractivity contribution in [1.82, 2.24) is 24.6 Å². The molecule has 0 aliphatic carbocycles. The van der Waals surface area contributed by atoms with E-state index in [1.807, 2.05) is 18.1 Å². The van der Waals surface area contributed by atoms with Gasteiger partial charge in [-0.05, 0) is 26.3 Å². The molecule has 1 spiro atoms. The number of ether oxygens (including phenoxy) is 2. The first-order chi connectivity index (χ1) is 14.4. The second-order valence-corrected chi connectivity index (χ2v) is 8.83. The van der Waals surface area contributed by atoms with E-state index in [4.69, 9.17) is 14.5 Å². The first kappa shape index (κ1) is 19.4. The van der Waals surface area contributed by atoms with E-state index in [9.17, 15) is 4.79 Å². The Labute approximate surface area is 176 Å². The van der Waals surface area contributed by atoms with Crippen LogP contribution in [0.2, 0.25) is 0 Å². The molecular weight excluding hydrogens is 384 g/mol. The highest BCUT2D eigenvalue weighted by Crippen LogP contribution is 2.40. The first-order valence-electron chi connectivity index (χ1n) is 10.6. The third-order valence-corrected chi connectivity index (χ3v) is 6.27. The number of aromatic nitrogens is 4. The van der Waals surface area contributed by atoms with Gasteiger partial charge in [-0.1, -0.05) is 0 Å². The zero-order chi connectivity index (χ0) is 20.9. The fourth-order valence-electron chi connectivity index (χ4n) is 4.93. The molecule has 0 unspecified atom stereocenters. The lowest BCUT2D eigenvalue weighted by atomic mass is 9.80. The summed E-state index contributed by atoms with van der Waals surface area (Å²) in [6.07, 6.45) is 4.80. The van der Waals surface area contributed by atoms with E-state index in [0.29, 0.717) is 32.0 Å². The summed E-state index contributed by atoms with van der Waals surface area (Å²) >= 11 is 0. The van der Waals surface area contributed by atoms with E-state index in [2.05, 4.69) is 28.8 Å². The van der Waals surface area contributed by atoms with Gasteiger partial charge in [0.1, 0.15) is 5.69 Å². The zero-order valence-electron chi connectivity index (χ0n) is 17.7. The molecule has 2 aromatic rings. The number of fused-ring (bicyclic) bond motifs is 2. The van der Waals surface area contributed by atoms with Gasteiger partial charge in [0.15, 0.2) is 0 Å². The Morgan fingerprint density at radius 1 is 1.27 bits per heavy atom. The van der Waals surface area contributed by atoms with Crippen LogP contribution < -0.4 is 4.90 Å². The lowest BCUT2D eigenvalue weighted by Gasteiger charge is -2.38. The van der Waals surface area contributed by atoms with E-state index >= 15 is 0 Å². The van der Waals surface area contributed by atoms with E-state index < -0.39 is 0 Å². The van der Waals surface area contributed by atoms with Crippen LogP contribution in [0.15, 0.2) is 18.5 Å². The second kappa shape index (κ2) is 7.31. The van der Waals surface area contributed by atoms with Crippen molar-refractivity contribution in [1.29, 1.82) is 0 Å². The van der Waals surface area contributed by atoms with Gasteiger partial charge in [0.05, 0.1) is 36.5 Å². The van der Waals surface area contributed by atoms with Gasteiger partial charge in [-0.2, -0.15) is 5.10 Å². The van der Waals surface area contributed by atoms with Gasteiger partial charge in [0.2, 0.25) is 5.95 Å². The SMILES string of the molecule is C[C@@H]1CN(c2ncc3c(n2)[C@]2(CCN(C(=O)c4ccn(C)n4)C2)COC3)C[C@@H](C)O1. The Morgan fingerprint density at radius 3 is 2.80 bits per heavy atom. The van der Waals surface area contributed by atoms with Crippen LogP contribution in [0.25, 0.3) is 0 Å². The van der Waals surface area contributed by atoms with Crippen LogP contribution in [-0.4, -0.2) is 75.5 Å². The Balaban J connectivity index is 1.42. The molecule has 3 atom stereocenters. The second-order valence-electron chi connectivity index (χ2n) is 8.83. The number of carbonyl (C=O) groups excluding carboxylic acids is 1. The summed E-state index contributed by atoms with van der Waals surface area (Å²) in [5, 5.41) is 4.27. The Morgan fingerprint density at radius 2 is 2.07 bits per heavy atom. The average molecular weight is 412 g/mol. The fourth-order valence-corrected chi connectivity index (χ4v) is 4.93. The summed E-state index contributed by atoms with van der Waals surface area (Å²) in [7, 11) is 1.82. The van der Waals surface area contributed by atoms with Gasteiger partial charge in [0.25, 0.3) is 5.91 Å². The number of amides is 1. The van der Waals surface area contributed by atoms with Crippen molar-refractivity contribution in [3.63, 3.8) is 0 Å². The molecule has 2 saturated heterocycles. The summed E-state index contributed by atoms with van der Waals surface area (Å²) in [6, 6.07) is 1.76. The molecule has 0 radical (unpaired) electrons. The summed E-state index contributed by atoms with van der Waals surface area (Å²) in [6.45, 7) is 8.04. The normalized spacial score (nSPS) is 28.8. The molecule has 9 nitrogen and oxygen atoms in total. The topological polar surface area (TPSA) is 85.6 Å². The van der Waals surface area contributed by atoms with Crippen molar-refractivity contribution >= 4 is 11.9 Å².